The van der Waals surface area contributed by atoms with E-state index in [0.29, 0.717) is 28.1 Å². The maximum Gasteiger partial charge on any atom is 0.310 e. The van der Waals surface area contributed by atoms with Gasteiger partial charge in [0, 0.05) is 16.5 Å². The van der Waals surface area contributed by atoms with Gasteiger partial charge in [0.2, 0.25) is 0 Å². The minimum absolute atomic E-state index is 0.0108. The van der Waals surface area contributed by atoms with Gasteiger partial charge in [-0.25, -0.2) is 0 Å². The summed E-state index contributed by atoms with van der Waals surface area (Å²) in [5.74, 6) is -0.680. The Morgan fingerprint density at radius 3 is 2.76 bits per heavy atom. The van der Waals surface area contributed by atoms with Crippen LogP contribution in [0.25, 0.3) is 11.0 Å². The van der Waals surface area contributed by atoms with E-state index in [1.54, 1.807) is 18.4 Å². The van der Waals surface area contributed by atoms with Gasteiger partial charge in [-0.2, -0.15) is 0 Å². The number of amides is 1. The molecule has 0 saturated carbocycles. The second-order valence-corrected chi connectivity index (χ2v) is 7.00. The normalized spacial score (nSPS) is 12.8. The second kappa shape index (κ2) is 7.43. The van der Waals surface area contributed by atoms with E-state index in [1.165, 1.54) is 6.07 Å². The molecule has 148 valence electrons. The van der Waals surface area contributed by atoms with Crippen LogP contribution in [-0.4, -0.2) is 30.9 Å². The lowest BCUT2D eigenvalue weighted by Gasteiger charge is -2.18. The van der Waals surface area contributed by atoms with Crippen molar-refractivity contribution in [3.63, 3.8) is 0 Å². The predicted octanol–water partition coefficient (Wildman–Crippen LogP) is 3.35. The molecule has 0 bridgehead atoms. The van der Waals surface area contributed by atoms with E-state index in [1.807, 2.05) is 26.0 Å². The molecule has 0 spiro atoms. The molecule has 0 aliphatic carbocycles. The van der Waals surface area contributed by atoms with E-state index in [2.05, 4.69) is 5.32 Å². The fourth-order valence-electron chi connectivity index (χ4n) is 3.17. The van der Waals surface area contributed by atoms with Gasteiger partial charge in [0.05, 0.1) is 18.4 Å². The third-order valence-corrected chi connectivity index (χ3v) is 4.90. The van der Waals surface area contributed by atoms with Crippen molar-refractivity contribution in [3.05, 3.63) is 58.8 Å². The van der Waals surface area contributed by atoms with Gasteiger partial charge in [0.15, 0.2) is 19.0 Å². The van der Waals surface area contributed by atoms with Crippen molar-refractivity contribution in [1.82, 2.24) is 0 Å². The first-order valence-electron chi connectivity index (χ1n) is 9.13. The number of furan rings is 1. The molecule has 1 amide bonds. The van der Waals surface area contributed by atoms with Crippen LogP contribution in [0.4, 0.5) is 5.69 Å². The van der Waals surface area contributed by atoms with E-state index < -0.39 is 5.97 Å². The van der Waals surface area contributed by atoms with Crippen LogP contribution in [0.2, 0.25) is 0 Å². The van der Waals surface area contributed by atoms with Gasteiger partial charge >= 0.3 is 5.97 Å². The number of ketones is 1. The maximum atomic E-state index is 12.4. The highest BCUT2D eigenvalue weighted by molar-refractivity contribution is 6.01. The molecule has 0 radical (unpaired) electrons. The number of Topliss-reactive ketones (excluding diaryl/α,β-unsaturated/α-hetero) is 1. The molecule has 1 N–H and O–H groups in total. The van der Waals surface area contributed by atoms with E-state index in [4.69, 9.17) is 13.9 Å². The molecule has 7 heteroatoms. The van der Waals surface area contributed by atoms with Crippen molar-refractivity contribution in [1.29, 1.82) is 0 Å². The van der Waals surface area contributed by atoms with Gasteiger partial charge in [-0.05, 0) is 55.3 Å². The van der Waals surface area contributed by atoms with E-state index in [9.17, 15) is 14.4 Å². The third-order valence-electron chi connectivity index (χ3n) is 4.90. The van der Waals surface area contributed by atoms with E-state index in [0.717, 1.165) is 16.5 Å². The minimum atomic E-state index is -0.520. The van der Waals surface area contributed by atoms with Crippen LogP contribution in [-0.2, 0) is 20.7 Å². The summed E-state index contributed by atoms with van der Waals surface area (Å²) in [6, 6.07) is 8.59. The first kappa shape index (κ1) is 18.7. The highest BCUT2D eigenvalue weighted by atomic mass is 16.5. The molecule has 29 heavy (non-hydrogen) atoms. The van der Waals surface area contributed by atoms with Crippen molar-refractivity contribution in [2.45, 2.75) is 20.3 Å². The molecule has 0 fully saturated rings. The first-order chi connectivity index (χ1) is 13.9. The Kier molecular flexibility index (Phi) is 4.80. The number of carbonyl (C=O) groups is 3. The molecule has 0 saturated heterocycles. The summed E-state index contributed by atoms with van der Waals surface area (Å²) in [4.78, 5) is 36.0. The zero-order valence-electron chi connectivity index (χ0n) is 16.0. The van der Waals surface area contributed by atoms with Gasteiger partial charge in [0.25, 0.3) is 5.91 Å². The number of aryl methyl sites for hydroxylation is 2. The molecular formula is C22H19NO6. The largest absolute Gasteiger partial charge is 0.482 e. The number of esters is 1. The fourth-order valence-corrected chi connectivity index (χ4v) is 3.17. The highest BCUT2D eigenvalue weighted by Gasteiger charge is 2.19. The number of nitrogens with one attached hydrogen (secondary N) is 1. The lowest BCUT2D eigenvalue weighted by Crippen LogP contribution is -2.25. The number of hydrogen-bond acceptors (Lipinski definition) is 6. The molecule has 7 nitrogen and oxygen atoms in total. The zero-order valence-corrected chi connectivity index (χ0v) is 16.0. The molecule has 0 unspecified atom stereocenters. The van der Waals surface area contributed by atoms with Crippen molar-refractivity contribution >= 4 is 34.3 Å². The van der Waals surface area contributed by atoms with Crippen molar-refractivity contribution in [2.24, 2.45) is 0 Å². The summed E-state index contributed by atoms with van der Waals surface area (Å²) in [6.45, 7) is 3.55. The minimum Gasteiger partial charge on any atom is -0.482 e. The van der Waals surface area contributed by atoms with Crippen molar-refractivity contribution in [3.8, 4) is 5.75 Å². The Labute approximate surface area is 166 Å². The molecule has 3 aromatic rings. The Bertz CT molecular complexity index is 1140. The summed E-state index contributed by atoms with van der Waals surface area (Å²) in [7, 11) is 0. The van der Waals surface area contributed by atoms with Gasteiger partial charge in [-0.3, -0.25) is 14.4 Å². The Morgan fingerprint density at radius 2 is 1.93 bits per heavy atom. The third kappa shape index (κ3) is 3.85. The lowest BCUT2D eigenvalue weighted by molar-refractivity contribution is -0.141. The van der Waals surface area contributed by atoms with Gasteiger partial charge in [-0.1, -0.05) is 0 Å². The van der Waals surface area contributed by atoms with Crippen LogP contribution in [0.15, 0.2) is 41.0 Å². The number of benzene rings is 2. The molecule has 1 aliphatic rings. The fraction of sp³-hybridized carbons (Fsp3) is 0.227. The van der Waals surface area contributed by atoms with Crippen LogP contribution >= 0.6 is 0 Å². The van der Waals surface area contributed by atoms with Crippen molar-refractivity contribution < 1.29 is 28.3 Å². The average Bonchev–Trinajstić information content (AvgIpc) is 3.07. The molecule has 2 heterocycles. The van der Waals surface area contributed by atoms with Crippen LogP contribution in [0.1, 0.15) is 27.0 Å². The van der Waals surface area contributed by atoms with Crippen LogP contribution < -0.4 is 10.1 Å². The standard InChI is InChI=1S/C22H19NO6/c1-12-5-16-15(9-27-20(16)6-13(12)2)8-22(26)29-10-18(24)14-3-4-19-17(7-14)23-21(25)11-28-19/h3-7,9H,8,10-11H2,1-2H3,(H,23,25). The van der Waals surface area contributed by atoms with E-state index in [-0.39, 0.29) is 31.3 Å². The number of anilines is 1. The molecule has 2 aromatic carbocycles. The quantitative estimate of drug-likeness (QED) is 0.528. The zero-order chi connectivity index (χ0) is 20.5. The summed E-state index contributed by atoms with van der Waals surface area (Å²) >= 11 is 0. The number of ether oxygens (including phenoxy) is 2. The topological polar surface area (TPSA) is 94.8 Å². The first-order valence-corrected chi connectivity index (χ1v) is 9.13. The summed E-state index contributed by atoms with van der Waals surface area (Å²) in [5.41, 5.74) is 4.39. The highest BCUT2D eigenvalue weighted by Crippen LogP contribution is 2.29. The predicted molar refractivity (Wildman–Crippen MR) is 105 cm³/mol. The smallest absolute Gasteiger partial charge is 0.310 e. The average molecular weight is 393 g/mol. The molecule has 1 aromatic heterocycles. The van der Waals surface area contributed by atoms with Crippen LogP contribution in [0.3, 0.4) is 0 Å². The Balaban J connectivity index is 1.40. The van der Waals surface area contributed by atoms with Crippen molar-refractivity contribution in [2.75, 3.05) is 18.5 Å². The summed E-state index contributed by atoms with van der Waals surface area (Å²) in [5, 5.41) is 3.50. The summed E-state index contributed by atoms with van der Waals surface area (Å²) in [6.07, 6.45) is 1.55. The molecular weight excluding hydrogens is 374 g/mol. The molecule has 4 rings (SSSR count). The number of carbonyl (C=O) groups excluding carboxylic acids is 3. The van der Waals surface area contributed by atoms with Gasteiger partial charge in [-0.15, -0.1) is 0 Å². The lowest BCUT2D eigenvalue weighted by atomic mass is 10.0. The second-order valence-electron chi connectivity index (χ2n) is 7.00. The van der Waals surface area contributed by atoms with Gasteiger partial charge in [0.1, 0.15) is 11.3 Å². The Morgan fingerprint density at radius 1 is 1.14 bits per heavy atom. The summed E-state index contributed by atoms with van der Waals surface area (Å²) < 4.78 is 15.9. The number of rotatable bonds is 5. The van der Waals surface area contributed by atoms with Crippen LogP contribution in [0.5, 0.6) is 5.75 Å². The SMILES string of the molecule is Cc1cc2occ(CC(=O)OCC(=O)c3ccc4c(c3)NC(=O)CO4)c2cc1C. The monoisotopic (exact) mass is 393 g/mol. The number of fused-ring (bicyclic) bond motifs is 2. The van der Waals surface area contributed by atoms with Gasteiger partial charge < -0.3 is 19.2 Å². The molecule has 0 atom stereocenters. The number of hydrogen-bond donors (Lipinski definition) is 1. The maximum absolute atomic E-state index is 12.4. The van der Waals surface area contributed by atoms with E-state index >= 15 is 0 Å². The van der Waals surface area contributed by atoms with Crippen LogP contribution in [0, 0.1) is 13.8 Å². The Hall–Kier alpha value is -3.61. The molecule has 1 aliphatic heterocycles.